The van der Waals surface area contributed by atoms with Gasteiger partial charge in [0.1, 0.15) is 11.5 Å². The number of para-hydroxylation sites is 1. The van der Waals surface area contributed by atoms with Crippen LogP contribution in [0.2, 0.25) is 0 Å². The molecule has 0 N–H and O–H groups in total. The number of amides is 1. The molecule has 6 heteroatoms. The molecule has 33 heavy (non-hydrogen) atoms. The largest absolute Gasteiger partial charge is 0.496 e. The van der Waals surface area contributed by atoms with Crippen LogP contribution in [0.1, 0.15) is 57.1 Å². The number of halogens is 1. The van der Waals surface area contributed by atoms with Crippen LogP contribution in [-0.2, 0) is 11.2 Å². The molecule has 1 saturated heterocycles. The molecule has 5 nitrogen and oxygen atoms in total. The van der Waals surface area contributed by atoms with E-state index in [4.69, 9.17) is 9.47 Å². The number of hydrogen-bond acceptors (Lipinski definition) is 4. The summed E-state index contributed by atoms with van der Waals surface area (Å²) in [7, 11) is 3.47. The topological polar surface area (TPSA) is 42.0 Å². The summed E-state index contributed by atoms with van der Waals surface area (Å²) in [5.74, 6) is 2.46. The number of rotatable bonds is 9. The Morgan fingerprint density at radius 1 is 1.06 bits per heavy atom. The fourth-order valence-electron chi connectivity index (χ4n) is 4.63. The summed E-state index contributed by atoms with van der Waals surface area (Å²) in [6.07, 6.45) is 3.43. The minimum absolute atomic E-state index is 0. The van der Waals surface area contributed by atoms with Crippen LogP contribution in [0.5, 0.6) is 11.5 Å². The Kier molecular flexibility index (Phi) is 10.5. The first-order valence-corrected chi connectivity index (χ1v) is 11.8. The van der Waals surface area contributed by atoms with Crippen molar-refractivity contribution < 1.29 is 14.3 Å². The fourth-order valence-corrected chi connectivity index (χ4v) is 4.63. The second kappa shape index (κ2) is 12.9. The van der Waals surface area contributed by atoms with Crippen LogP contribution in [0.25, 0.3) is 0 Å². The first-order chi connectivity index (χ1) is 15.5. The quantitative estimate of drug-likeness (QED) is 0.467. The third-order valence-corrected chi connectivity index (χ3v) is 6.48. The molecular formula is C27H39ClN2O3. The number of hydrogen-bond donors (Lipinski definition) is 0. The minimum Gasteiger partial charge on any atom is -0.496 e. The smallest absolute Gasteiger partial charge is 0.226 e. The van der Waals surface area contributed by atoms with Crippen molar-refractivity contribution in [2.24, 2.45) is 0 Å². The van der Waals surface area contributed by atoms with E-state index in [0.29, 0.717) is 12.3 Å². The van der Waals surface area contributed by atoms with Gasteiger partial charge in [0.25, 0.3) is 0 Å². The molecule has 0 unspecified atom stereocenters. The third-order valence-electron chi connectivity index (χ3n) is 6.48. The molecule has 182 valence electrons. The lowest BCUT2D eigenvalue weighted by atomic mass is 9.97. The van der Waals surface area contributed by atoms with Gasteiger partial charge < -0.3 is 19.3 Å². The van der Waals surface area contributed by atoms with E-state index in [2.05, 4.69) is 30.9 Å². The molecule has 0 saturated carbocycles. The Bertz CT molecular complexity index is 880. The normalized spacial score (nSPS) is 14.6. The summed E-state index contributed by atoms with van der Waals surface area (Å²) >= 11 is 0. The average Bonchev–Trinajstić information content (AvgIpc) is 2.83. The number of likely N-dealkylation sites (tertiary alicyclic amines) is 1. The number of ether oxygens (including phenoxy) is 2. The Morgan fingerprint density at radius 2 is 1.70 bits per heavy atom. The van der Waals surface area contributed by atoms with Gasteiger partial charge in [-0.1, -0.05) is 39.0 Å². The standard InChI is InChI=1S/C27H38N2O3.ClH/c1-6-27(30)29(22-10-8-7-9-11-22)23-13-16-28(17-14-23)15-12-21-18-26(32-5)24(20(2)3)19-25(21)31-4;/h7-11,18-20,23H,6,12-17H2,1-5H3;1H. The van der Waals surface area contributed by atoms with Crippen molar-refractivity contribution in [2.45, 2.75) is 58.4 Å². The van der Waals surface area contributed by atoms with E-state index in [0.717, 1.165) is 56.1 Å². The van der Waals surface area contributed by atoms with Crippen LogP contribution in [0.15, 0.2) is 42.5 Å². The van der Waals surface area contributed by atoms with E-state index < -0.39 is 0 Å². The second-order valence-corrected chi connectivity index (χ2v) is 8.84. The summed E-state index contributed by atoms with van der Waals surface area (Å²) in [6.45, 7) is 9.25. The molecule has 0 radical (unpaired) electrons. The van der Waals surface area contributed by atoms with Gasteiger partial charge in [0.05, 0.1) is 14.2 Å². The van der Waals surface area contributed by atoms with Crippen LogP contribution in [-0.4, -0.2) is 50.7 Å². The Morgan fingerprint density at radius 3 is 2.24 bits per heavy atom. The lowest BCUT2D eigenvalue weighted by Crippen LogP contribution is -2.47. The van der Waals surface area contributed by atoms with Crippen molar-refractivity contribution in [3.8, 4) is 11.5 Å². The lowest BCUT2D eigenvalue weighted by molar-refractivity contribution is -0.119. The van der Waals surface area contributed by atoms with Gasteiger partial charge in [-0.05, 0) is 55.0 Å². The van der Waals surface area contributed by atoms with E-state index in [1.807, 2.05) is 42.2 Å². The number of benzene rings is 2. The molecule has 0 aliphatic carbocycles. The Balaban J connectivity index is 0.00000385. The fraction of sp³-hybridized carbons (Fsp3) is 0.519. The van der Waals surface area contributed by atoms with Crippen molar-refractivity contribution in [2.75, 3.05) is 38.8 Å². The van der Waals surface area contributed by atoms with Crippen LogP contribution in [0.4, 0.5) is 5.69 Å². The summed E-state index contributed by atoms with van der Waals surface area (Å²) in [5, 5.41) is 0. The van der Waals surface area contributed by atoms with Crippen molar-refractivity contribution in [3.63, 3.8) is 0 Å². The molecule has 0 spiro atoms. The number of nitrogens with zero attached hydrogens (tertiary/aromatic N) is 2. The second-order valence-electron chi connectivity index (χ2n) is 8.84. The number of anilines is 1. The molecule has 1 fully saturated rings. The maximum Gasteiger partial charge on any atom is 0.226 e. The summed E-state index contributed by atoms with van der Waals surface area (Å²) in [6, 6.07) is 14.6. The predicted octanol–water partition coefficient (Wildman–Crippen LogP) is 5.70. The van der Waals surface area contributed by atoms with Gasteiger partial charge in [0.15, 0.2) is 0 Å². The van der Waals surface area contributed by atoms with Crippen molar-refractivity contribution >= 4 is 24.0 Å². The number of carbonyl (C=O) groups excluding carboxylic acids is 1. The maximum atomic E-state index is 12.7. The lowest BCUT2D eigenvalue weighted by Gasteiger charge is -2.38. The minimum atomic E-state index is 0. The zero-order chi connectivity index (χ0) is 23.1. The molecule has 2 aromatic carbocycles. The highest BCUT2D eigenvalue weighted by Crippen LogP contribution is 2.34. The van der Waals surface area contributed by atoms with Gasteiger partial charge in [-0.25, -0.2) is 0 Å². The van der Waals surface area contributed by atoms with Gasteiger partial charge >= 0.3 is 0 Å². The van der Waals surface area contributed by atoms with Crippen molar-refractivity contribution in [1.82, 2.24) is 4.90 Å². The van der Waals surface area contributed by atoms with Gasteiger partial charge in [-0.15, -0.1) is 12.4 Å². The van der Waals surface area contributed by atoms with Gasteiger partial charge in [-0.2, -0.15) is 0 Å². The zero-order valence-electron chi connectivity index (χ0n) is 20.7. The highest BCUT2D eigenvalue weighted by Gasteiger charge is 2.28. The van der Waals surface area contributed by atoms with Gasteiger partial charge in [0, 0.05) is 43.3 Å². The first kappa shape index (κ1) is 27.0. The molecule has 2 aromatic rings. The SMILES string of the molecule is CCC(=O)N(c1ccccc1)C1CCN(CCc2cc(OC)c(C(C)C)cc2OC)CC1.Cl. The summed E-state index contributed by atoms with van der Waals surface area (Å²) < 4.78 is 11.3. The van der Waals surface area contributed by atoms with Crippen molar-refractivity contribution in [3.05, 3.63) is 53.6 Å². The van der Waals surface area contributed by atoms with Crippen LogP contribution in [0.3, 0.4) is 0 Å². The first-order valence-electron chi connectivity index (χ1n) is 11.8. The molecular weight excluding hydrogens is 436 g/mol. The van der Waals surface area contributed by atoms with E-state index in [1.165, 1.54) is 11.1 Å². The zero-order valence-corrected chi connectivity index (χ0v) is 21.5. The third kappa shape index (κ3) is 6.64. The monoisotopic (exact) mass is 474 g/mol. The van der Waals surface area contributed by atoms with Gasteiger partial charge in [0.2, 0.25) is 5.91 Å². The highest BCUT2D eigenvalue weighted by molar-refractivity contribution is 5.93. The molecule has 1 aliphatic heterocycles. The number of piperidine rings is 1. The summed E-state index contributed by atoms with van der Waals surface area (Å²) in [5.41, 5.74) is 3.37. The highest BCUT2D eigenvalue weighted by atomic mass is 35.5. The molecule has 0 atom stereocenters. The molecule has 1 heterocycles. The average molecular weight is 475 g/mol. The Hall–Kier alpha value is -2.24. The van der Waals surface area contributed by atoms with E-state index >= 15 is 0 Å². The molecule has 1 amide bonds. The molecule has 0 aromatic heterocycles. The molecule has 1 aliphatic rings. The molecule has 3 rings (SSSR count). The maximum absolute atomic E-state index is 12.7. The summed E-state index contributed by atoms with van der Waals surface area (Å²) in [4.78, 5) is 17.2. The van der Waals surface area contributed by atoms with E-state index in [-0.39, 0.29) is 24.4 Å². The van der Waals surface area contributed by atoms with E-state index in [1.54, 1.807) is 14.2 Å². The number of methoxy groups -OCH3 is 2. The van der Waals surface area contributed by atoms with Crippen LogP contribution >= 0.6 is 12.4 Å². The van der Waals surface area contributed by atoms with Crippen molar-refractivity contribution in [1.29, 1.82) is 0 Å². The number of carbonyl (C=O) groups is 1. The predicted molar refractivity (Wildman–Crippen MR) is 138 cm³/mol. The van der Waals surface area contributed by atoms with Crippen LogP contribution in [0, 0.1) is 0 Å². The van der Waals surface area contributed by atoms with Gasteiger partial charge in [-0.3, -0.25) is 4.79 Å². The molecule has 0 bridgehead atoms. The Labute approximate surface area is 205 Å². The van der Waals surface area contributed by atoms with E-state index in [9.17, 15) is 4.79 Å². The van der Waals surface area contributed by atoms with Crippen LogP contribution < -0.4 is 14.4 Å².